The van der Waals surface area contributed by atoms with Crippen LogP contribution in [0.2, 0.25) is 0 Å². The zero-order valence-corrected chi connectivity index (χ0v) is 8.36. The third kappa shape index (κ3) is 5.07. The van der Waals surface area contributed by atoms with Crippen LogP contribution in [0.5, 0.6) is 0 Å². The summed E-state index contributed by atoms with van der Waals surface area (Å²) in [5.74, 6) is -0.824. The predicted octanol–water partition coefficient (Wildman–Crippen LogP) is 1.52. The molecule has 0 amide bonds. The van der Waals surface area contributed by atoms with Crippen molar-refractivity contribution in [3.63, 3.8) is 0 Å². The van der Waals surface area contributed by atoms with Gasteiger partial charge in [-0.3, -0.25) is 4.79 Å². The first-order chi connectivity index (χ1) is 5.57. The van der Waals surface area contributed by atoms with E-state index >= 15 is 0 Å². The fraction of sp³-hybridized carbons (Fsp3) is 0.750. The largest absolute Gasteiger partial charge is 0.480 e. The van der Waals surface area contributed by atoms with Gasteiger partial charge in [0, 0.05) is 6.54 Å². The molecule has 0 aromatic carbocycles. The average Bonchev–Trinajstić information content (AvgIpc) is 1.96. The molecule has 0 aromatic rings. The van der Waals surface area contributed by atoms with E-state index in [4.69, 9.17) is 17.3 Å². The van der Waals surface area contributed by atoms with Gasteiger partial charge in [-0.15, -0.1) is 0 Å². The summed E-state index contributed by atoms with van der Waals surface area (Å²) < 4.78 is 0. The molecule has 0 heterocycles. The highest BCUT2D eigenvalue weighted by Gasteiger charge is 2.08. The lowest BCUT2D eigenvalue weighted by Crippen LogP contribution is -2.33. The first kappa shape index (κ1) is 11.4. The van der Waals surface area contributed by atoms with Crippen LogP contribution in [0, 0.1) is 0 Å². The molecule has 70 valence electrons. The molecule has 0 fully saturated rings. The Morgan fingerprint density at radius 3 is 2.50 bits per heavy atom. The second-order valence-corrected chi connectivity index (χ2v) is 3.28. The molecule has 0 aliphatic carbocycles. The number of carboxylic acids is 1. The monoisotopic (exact) mass is 189 g/mol. The summed E-state index contributed by atoms with van der Waals surface area (Å²) in [6.45, 7) is 4.60. The van der Waals surface area contributed by atoms with E-state index in [0.29, 0.717) is 4.99 Å². The van der Waals surface area contributed by atoms with Gasteiger partial charge in [0.05, 0.1) is 4.99 Å². The minimum absolute atomic E-state index is 0.0231. The molecule has 0 aliphatic rings. The van der Waals surface area contributed by atoms with Gasteiger partial charge < -0.3 is 10.0 Å². The molecule has 0 spiro atoms. The number of thiocarbonyl (C=S) groups is 1. The summed E-state index contributed by atoms with van der Waals surface area (Å²) in [5, 5.41) is 8.53. The molecule has 0 aromatic heterocycles. The van der Waals surface area contributed by atoms with Crippen molar-refractivity contribution < 1.29 is 9.90 Å². The van der Waals surface area contributed by atoms with Crippen LogP contribution in [-0.4, -0.2) is 34.1 Å². The summed E-state index contributed by atoms with van der Waals surface area (Å²) in [4.78, 5) is 12.7. The third-order valence-electron chi connectivity index (χ3n) is 1.55. The van der Waals surface area contributed by atoms with Crippen molar-refractivity contribution in [2.45, 2.75) is 26.7 Å². The Balaban J connectivity index is 3.87. The number of carboxylic acid groups (broad SMARTS) is 1. The van der Waals surface area contributed by atoms with Gasteiger partial charge in [-0.2, -0.15) is 0 Å². The molecule has 12 heavy (non-hydrogen) atoms. The number of hydrogen-bond acceptors (Lipinski definition) is 2. The van der Waals surface area contributed by atoms with Crippen molar-refractivity contribution in [1.29, 1.82) is 0 Å². The van der Waals surface area contributed by atoms with Crippen LogP contribution >= 0.6 is 12.2 Å². The maximum atomic E-state index is 10.4. The van der Waals surface area contributed by atoms with Crippen molar-refractivity contribution in [2.24, 2.45) is 0 Å². The van der Waals surface area contributed by atoms with Crippen molar-refractivity contribution in [3.8, 4) is 0 Å². The first-order valence-electron chi connectivity index (χ1n) is 4.05. The molecular formula is C8H15NO2S. The van der Waals surface area contributed by atoms with E-state index in [0.717, 1.165) is 19.4 Å². The molecule has 0 saturated carbocycles. The van der Waals surface area contributed by atoms with Gasteiger partial charge in [0.2, 0.25) is 0 Å². The SMILES string of the molecule is CCCCN(CC(=O)O)C(C)=S. The van der Waals surface area contributed by atoms with E-state index in [2.05, 4.69) is 6.92 Å². The lowest BCUT2D eigenvalue weighted by Gasteiger charge is -2.20. The number of carbonyl (C=O) groups is 1. The Morgan fingerprint density at radius 1 is 1.58 bits per heavy atom. The Labute approximate surface area is 78.4 Å². The number of unbranched alkanes of at least 4 members (excludes halogenated alkanes) is 1. The van der Waals surface area contributed by atoms with Crippen LogP contribution in [0.3, 0.4) is 0 Å². The molecule has 0 unspecified atom stereocenters. The van der Waals surface area contributed by atoms with Crippen LogP contribution in [0.15, 0.2) is 0 Å². The van der Waals surface area contributed by atoms with Gasteiger partial charge in [0.15, 0.2) is 0 Å². The van der Waals surface area contributed by atoms with Crippen LogP contribution in [0.1, 0.15) is 26.7 Å². The third-order valence-corrected chi connectivity index (χ3v) is 1.81. The highest BCUT2D eigenvalue weighted by atomic mass is 32.1. The average molecular weight is 189 g/mol. The van der Waals surface area contributed by atoms with Gasteiger partial charge in [-0.25, -0.2) is 0 Å². The second kappa shape index (κ2) is 5.94. The van der Waals surface area contributed by atoms with E-state index in [1.165, 1.54) is 0 Å². The van der Waals surface area contributed by atoms with Crippen molar-refractivity contribution in [1.82, 2.24) is 4.90 Å². The molecule has 0 radical (unpaired) electrons. The molecule has 0 bridgehead atoms. The zero-order chi connectivity index (χ0) is 9.56. The topological polar surface area (TPSA) is 40.5 Å². The summed E-state index contributed by atoms with van der Waals surface area (Å²) >= 11 is 4.91. The predicted molar refractivity (Wildman–Crippen MR) is 52.4 cm³/mol. The Kier molecular flexibility index (Phi) is 5.62. The van der Waals surface area contributed by atoms with Gasteiger partial charge in [-0.1, -0.05) is 25.6 Å². The lowest BCUT2D eigenvalue weighted by molar-refractivity contribution is -0.137. The van der Waals surface area contributed by atoms with Gasteiger partial charge in [-0.05, 0) is 13.3 Å². The summed E-state index contributed by atoms with van der Waals surface area (Å²) in [5.41, 5.74) is 0. The number of hydrogen-bond donors (Lipinski definition) is 1. The van der Waals surface area contributed by atoms with Crippen LogP contribution in [-0.2, 0) is 4.79 Å². The maximum absolute atomic E-state index is 10.4. The molecular weight excluding hydrogens is 174 g/mol. The lowest BCUT2D eigenvalue weighted by atomic mass is 10.3. The maximum Gasteiger partial charge on any atom is 0.323 e. The normalized spacial score (nSPS) is 9.50. The quantitative estimate of drug-likeness (QED) is 0.666. The minimum atomic E-state index is -0.824. The van der Waals surface area contributed by atoms with Gasteiger partial charge >= 0.3 is 5.97 Å². The summed E-state index contributed by atoms with van der Waals surface area (Å²) in [6, 6.07) is 0. The number of nitrogens with zero attached hydrogens (tertiary/aromatic N) is 1. The Hall–Kier alpha value is -0.640. The van der Waals surface area contributed by atoms with E-state index in [1.54, 1.807) is 11.8 Å². The number of rotatable bonds is 5. The molecule has 4 heteroatoms. The minimum Gasteiger partial charge on any atom is -0.480 e. The Morgan fingerprint density at radius 2 is 2.17 bits per heavy atom. The molecule has 1 N–H and O–H groups in total. The van der Waals surface area contributed by atoms with Gasteiger partial charge in [0.1, 0.15) is 6.54 Å². The molecule has 3 nitrogen and oxygen atoms in total. The van der Waals surface area contributed by atoms with E-state index in [1.807, 2.05) is 0 Å². The fourth-order valence-electron chi connectivity index (χ4n) is 0.860. The van der Waals surface area contributed by atoms with Gasteiger partial charge in [0.25, 0.3) is 0 Å². The van der Waals surface area contributed by atoms with E-state index < -0.39 is 5.97 Å². The fourth-order valence-corrected chi connectivity index (χ4v) is 1.02. The van der Waals surface area contributed by atoms with Crippen LogP contribution in [0.25, 0.3) is 0 Å². The molecule has 0 saturated heterocycles. The second-order valence-electron chi connectivity index (χ2n) is 2.69. The highest BCUT2D eigenvalue weighted by Crippen LogP contribution is 1.96. The summed E-state index contributed by atoms with van der Waals surface area (Å²) in [7, 11) is 0. The zero-order valence-electron chi connectivity index (χ0n) is 7.54. The van der Waals surface area contributed by atoms with Crippen LogP contribution in [0.4, 0.5) is 0 Å². The van der Waals surface area contributed by atoms with Crippen molar-refractivity contribution in [3.05, 3.63) is 0 Å². The molecule has 0 atom stereocenters. The summed E-state index contributed by atoms with van der Waals surface area (Å²) in [6.07, 6.45) is 2.04. The highest BCUT2D eigenvalue weighted by molar-refractivity contribution is 7.80. The van der Waals surface area contributed by atoms with Crippen molar-refractivity contribution >= 4 is 23.2 Å². The van der Waals surface area contributed by atoms with Crippen molar-refractivity contribution in [2.75, 3.05) is 13.1 Å². The van der Waals surface area contributed by atoms with Crippen LogP contribution < -0.4 is 0 Å². The number of aliphatic carboxylic acids is 1. The molecule has 0 rings (SSSR count). The molecule has 0 aliphatic heterocycles. The van der Waals surface area contributed by atoms with E-state index in [9.17, 15) is 4.79 Å². The van der Waals surface area contributed by atoms with E-state index in [-0.39, 0.29) is 6.54 Å². The standard InChI is InChI=1S/C8H15NO2S/c1-3-4-5-9(7(2)12)6-8(10)11/h3-6H2,1-2H3,(H,10,11). The smallest absolute Gasteiger partial charge is 0.323 e. The Bertz CT molecular complexity index is 170. The first-order valence-corrected chi connectivity index (χ1v) is 4.46.